The van der Waals surface area contributed by atoms with Crippen molar-refractivity contribution in [1.82, 2.24) is 9.55 Å². The van der Waals surface area contributed by atoms with Crippen LogP contribution >= 0.6 is 12.2 Å². The number of thiocarbonyl (C=S) groups is 1. The fraction of sp³-hybridized carbons (Fsp3) is 0.167. The molecule has 0 bridgehead atoms. The van der Waals surface area contributed by atoms with Gasteiger partial charge < -0.3 is 10.3 Å². The Labute approximate surface area is 126 Å². The van der Waals surface area contributed by atoms with E-state index >= 15 is 0 Å². The van der Waals surface area contributed by atoms with Gasteiger partial charge in [0.1, 0.15) is 16.6 Å². The minimum Gasteiger partial charge on any atom is -0.389 e. The van der Waals surface area contributed by atoms with Crippen LogP contribution in [-0.2, 0) is 17.1 Å². The molecule has 2 rings (SSSR count). The first-order valence-electron chi connectivity index (χ1n) is 5.83. The van der Waals surface area contributed by atoms with E-state index in [9.17, 15) is 12.8 Å². The molecule has 9 heteroatoms. The Morgan fingerprint density at radius 2 is 2.14 bits per heavy atom. The van der Waals surface area contributed by atoms with Gasteiger partial charge in [0, 0.05) is 13.2 Å². The molecule has 0 aliphatic rings. The van der Waals surface area contributed by atoms with Gasteiger partial charge in [0.2, 0.25) is 0 Å². The number of nitrogens with two attached hydrogens (primary N) is 1. The minimum atomic E-state index is -3.95. The SMILES string of the molecule is Cc1nc(S(=O)(=O)Nc2cccc(F)c2C(N)=S)cn1C. The third kappa shape index (κ3) is 3.03. The molecule has 1 heterocycles. The van der Waals surface area contributed by atoms with Crippen molar-refractivity contribution in [3.05, 3.63) is 41.6 Å². The molecule has 0 spiro atoms. The zero-order valence-electron chi connectivity index (χ0n) is 11.3. The van der Waals surface area contributed by atoms with Crippen LogP contribution in [-0.4, -0.2) is 23.0 Å². The number of aromatic nitrogens is 2. The lowest BCUT2D eigenvalue weighted by Crippen LogP contribution is -2.19. The second-order valence-corrected chi connectivity index (χ2v) is 6.44. The van der Waals surface area contributed by atoms with Gasteiger partial charge in [-0.05, 0) is 19.1 Å². The number of aryl methyl sites for hydroxylation is 2. The summed E-state index contributed by atoms with van der Waals surface area (Å²) in [6, 6.07) is 3.89. The highest BCUT2D eigenvalue weighted by Crippen LogP contribution is 2.22. The van der Waals surface area contributed by atoms with Crippen LogP contribution in [0.3, 0.4) is 0 Å². The first-order valence-corrected chi connectivity index (χ1v) is 7.72. The summed E-state index contributed by atoms with van der Waals surface area (Å²) in [5.74, 6) is -0.163. The molecule has 0 atom stereocenters. The minimum absolute atomic E-state index is 0.0224. The smallest absolute Gasteiger partial charge is 0.280 e. The number of hydrogen-bond donors (Lipinski definition) is 2. The first kappa shape index (κ1) is 15.4. The van der Waals surface area contributed by atoms with Gasteiger partial charge in [0.05, 0.1) is 11.3 Å². The molecule has 112 valence electrons. The van der Waals surface area contributed by atoms with E-state index in [1.54, 1.807) is 18.5 Å². The number of halogens is 1. The summed E-state index contributed by atoms with van der Waals surface area (Å²) in [7, 11) is -2.28. The summed E-state index contributed by atoms with van der Waals surface area (Å²) in [6.45, 7) is 1.67. The molecule has 0 aliphatic heterocycles. The third-order valence-corrected chi connectivity index (χ3v) is 4.31. The standard InChI is InChI=1S/C12H13FN4O2S2/c1-7-15-10(6-17(7)2)21(18,19)16-9-5-3-4-8(13)11(9)12(14)20/h3-6,16H,1-2H3,(H2,14,20). The highest BCUT2D eigenvalue weighted by molar-refractivity contribution is 7.92. The van der Waals surface area contributed by atoms with E-state index in [0.717, 1.165) is 6.07 Å². The number of hydrogen-bond acceptors (Lipinski definition) is 4. The molecule has 0 radical (unpaired) electrons. The summed E-state index contributed by atoms with van der Waals surface area (Å²) < 4.78 is 42.1. The lowest BCUT2D eigenvalue weighted by Gasteiger charge is -2.11. The molecule has 0 saturated carbocycles. The van der Waals surface area contributed by atoms with Crippen molar-refractivity contribution in [1.29, 1.82) is 0 Å². The average molecular weight is 328 g/mol. The number of imidazole rings is 1. The van der Waals surface area contributed by atoms with Crippen molar-refractivity contribution < 1.29 is 12.8 Å². The number of anilines is 1. The number of sulfonamides is 1. The second-order valence-electron chi connectivity index (χ2n) is 4.37. The van der Waals surface area contributed by atoms with E-state index in [1.807, 2.05) is 0 Å². The van der Waals surface area contributed by atoms with Crippen LogP contribution in [0.2, 0.25) is 0 Å². The van der Waals surface area contributed by atoms with Crippen molar-refractivity contribution in [3.8, 4) is 0 Å². The van der Waals surface area contributed by atoms with Gasteiger partial charge in [-0.1, -0.05) is 18.3 Å². The van der Waals surface area contributed by atoms with Crippen LogP contribution in [0.5, 0.6) is 0 Å². The van der Waals surface area contributed by atoms with Crippen LogP contribution in [0.25, 0.3) is 0 Å². The Hall–Kier alpha value is -2.00. The lowest BCUT2D eigenvalue weighted by molar-refractivity contribution is 0.597. The molecular weight excluding hydrogens is 315 g/mol. The van der Waals surface area contributed by atoms with E-state index in [4.69, 9.17) is 18.0 Å². The monoisotopic (exact) mass is 328 g/mol. The van der Waals surface area contributed by atoms with Gasteiger partial charge in [0.25, 0.3) is 10.0 Å². The van der Waals surface area contributed by atoms with Crippen LogP contribution in [0, 0.1) is 12.7 Å². The molecule has 0 aliphatic carbocycles. The van der Waals surface area contributed by atoms with Gasteiger partial charge in [-0.2, -0.15) is 8.42 Å². The lowest BCUT2D eigenvalue weighted by atomic mass is 10.2. The molecular formula is C12H13FN4O2S2. The fourth-order valence-corrected chi connectivity index (χ4v) is 3.03. The largest absolute Gasteiger partial charge is 0.389 e. The van der Waals surface area contributed by atoms with Gasteiger partial charge in [-0.3, -0.25) is 4.72 Å². The predicted octanol–water partition coefficient (Wildman–Crippen LogP) is 1.30. The summed E-state index contributed by atoms with van der Waals surface area (Å²) in [6.07, 6.45) is 1.36. The molecule has 0 amide bonds. The fourth-order valence-electron chi connectivity index (χ4n) is 1.71. The van der Waals surface area contributed by atoms with Crippen LogP contribution in [0.15, 0.2) is 29.4 Å². The molecule has 6 nitrogen and oxygen atoms in total. The highest BCUT2D eigenvalue weighted by atomic mass is 32.2. The normalized spacial score (nSPS) is 11.4. The van der Waals surface area contributed by atoms with Crippen molar-refractivity contribution in [2.75, 3.05) is 4.72 Å². The maximum absolute atomic E-state index is 13.7. The maximum atomic E-state index is 13.7. The Kier molecular flexibility index (Phi) is 3.97. The summed E-state index contributed by atoms with van der Waals surface area (Å²) in [4.78, 5) is 3.70. The van der Waals surface area contributed by atoms with Crippen molar-refractivity contribution in [2.24, 2.45) is 12.8 Å². The quantitative estimate of drug-likeness (QED) is 0.826. The molecule has 1 aromatic heterocycles. The van der Waals surface area contributed by atoms with Crippen LogP contribution in [0.1, 0.15) is 11.4 Å². The molecule has 3 N–H and O–H groups in total. The number of nitrogens with one attached hydrogen (secondary N) is 1. The van der Waals surface area contributed by atoms with Gasteiger partial charge in [-0.15, -0.1) is 0 Å². The van der Waals surface area contributed by atoms with Crippen LogP contribution in [0.4, 0.5) is 10.1 Å². The zero-order valence-corrected chi connectivity index (χ0v) is 12.9. The predicted molar refractivity (Wildman–Crippen MR) is 81.0 cm³/mol. The van der Waals surface area contributed by atoms with E-state index in [-0.39, 0.29) is 21.3 Å². The van der Waals surface area contributed by atoms with E-state index in [2.05, 4.69) is 9.71 Å². The van der Waals surface area contributed by atoms with Crippen molar-refractivity contribution >= 4 is 32.9 Å². The van der Waals surface area contributed by atoms with E-state index < -0.39 is 15.8 Å². The Morgan fingerprint density at radius 3 is 2.67 bits per heavy atom. The van der Waals surface area contributed by atoms with E-state index in [1.165, 1.54) is 18.3 Å². The highest BCUT2D eigenvalue weighted by Gasteiger charge is 2.21. The summed E-state index contributed by atoms with van der Waals surface area (Å²) in [5.41, 5.74) is 5.27. The molecule has 0 fully saturated rings. The van der Waals surface area contributed by atoms with Gasteiger partial charge >= 0.3 is 0 Å². The summed E-state index contributed by atoms with van der Waals surface area (Å²) >= 11 is 4.75. The zero-order chi connectivity index (χ0) is 15.8. The first-order chi connectivity index (χ1) is 9.72. The molecule has 2 aromatic rings. The number of rotatable bonds is 4. The van der Waals surface area contributed by atoms with Crippen LogP contribution < -0.4 is 10.5 Å². The third-order valence-electron chi connectivity index (χ3n) is 2.87. The van der Waals surface area contributed by atoms with Crippen molar-refractivity contribution in [2.45, 2.75) is 11.9 Å². The maximum Gasteiger partial charge on any atom is 0.280 e. The van der Waals surface area contributed by atoms with Gasteiger partial charge in [-0.25, -0.2) is 9.37 Å². The van der Waals surface area contributed by atoms with Crippen molar-refractivity contribution in [3.63, 3.8) is 0 Å². The molecule has 0 unspecified atom stereocenters. The topological polar surface area (TPSA) is 90.0 Å². The Balaban J connectivity index is 2.47. The molecule has 0 saturated heterocycles. The average Bonchev–Trinajstić information content (AvgIpc) is 2.69. The molecule has 21 heavy (non-hydrogen) atoms. The Bertz CT molecular complexity index is 795. The number of nitrogens with zero attached hydrogens (tertiary/aromatic N) is 2. The van der Waals surface area contributed by atoms with E-state index in [0.29, 0.717) is 5.82 Å². The second kappa shape index (κ2) is 5.41. The van der Waals surface area contributed by atoms with Gasteiger partial charge in [0.15, 0.2) is 5.03 Å². The Morgan fingerprint density at radius 1 is 1.48 bits per heavy atom. The molecule has 1 aromatic carbocycles. The number of benzene rings is 1. The summed E-state index contributed by atoms with van der Waals surface area (Å²) in [5, 5.41) is -0.166.